The van der Waals surface area contributed by atoms with Gasteiger partial charge in [0.05, 0.1) is 10.0 Å². The van der Waals surface area contributed by atoms with Crippen LogP contribution >= 0.6 is 23.2 Å². The molecule has 0 fully saturated rings. The summed E-state index contributed by atoms with van der Waals surface area (Å²) in [5, 5.41) is 0.924. The van der Waals surface area contributed by atoms with Gasteiger partial charge in [-0.1, -0.05) is 47.5 Å². The van der Waals surface area contributed by atoms with E-state index in [1.165, 1.54) is 0 Å². The Kier molecular flexibility index (Phi) is 3.51. The fourth-order valence-corrected chi connectivity index (χ4v) is 2.05. The summed E-state index contributed by atoms with van der Waals surface area (Å²) in [6.45, 7) is 1.87. The lowest BCUT2D eigenvalue weighted by Crippen LogP contribution is -2.03. The van der Waals surface area contributed by atoms with E-state index < -0.39 is 0 Å². The maximum atomic E-state index is 12.3. The number of rotatable bonds is 2. The summed E-state index contributed by atoms with van der Waals surface area (Å²) in [5.74, 6) is -0.149. The molecule has 0 bridgehead atoms. The van der Waals surface area contributed by atoms with Gasteiger partial charge in [-0.25, -0.2) is 0 Å². The van der Waals surface area contributed by atoms with E-state index >= 15 is 0 Å². The molecule has 0 unspecified atom stereocenters. The summed E-state index contributed by atoms with van der Waals surface area (Å²) >= 11 is 12.1. The molecule has 0 aromatic heterocycles. The molecule has 0 atom stereocenters. The smallest absolute Gasteiger partial charge is 0.196 e. The quantitative estimate of drug-likeness (QED) is 0.729. The third-order valence-electron chi connectivity index (χ3n) is 2.55. The zero-order valence-corrected chi connectivity index (χ0v) is 10.7. The van der Waals surface area contributed by atoms with Crippen molar-refractivity contribution in [3.8, 4) is 0 Å². The third kappa shape index (κ3) is 2.36. The largest absolute Gasteiger partial charge is 0.288 e. The second-order valence-electron chi connectivity index (χ2n) is 3.75. The van der Waals surface area contributed by atoms with Crippen molar-refractivity contribution in [2.24, 2.45) is 0 Å². The van der Waals surface area contributed by atoms with Crippen molar-refractivity contribution in [3.63, 3.8) is 0 Å². The third-order valence-corrected chi connectivity index (χ3v) is 3.39. The maximum absolute atomic E-state index is 12.3. The van der Waals surface area contributed by atoms with Gasteiger partial charge in [-0.2, -0.15) is 0 Å². The molecule has 1 nitrogen and oxygen atoms in total. The van der Waals surface area contributed by atoms with Gasteiger partial charge in [0.1, 0.15) is 0 Å². The lowest BCUT2D eigenvalue weighted by molar-refractivity contribution is 0.103. The van der Waals surface area contributed by atoms with Crippen LogP contribution < -0.4 is 0 Å². The van der Waals surface area contributed by atoms with Gasteiger partial charge in [-0.15, -0.1) is 0 Å². The van der Waals surface area contributed by atoms with Crippen LogP contribution in [0.1, 0.15) is 21.5 Å². The predicted molar refractivity (Wildman–Crippen MR) is 71.1 cm³/mol. The van der Waals surface area contributed by atoms with E-state index in [2.05, 4.69) is 0 Å². The van der Waals surface area contributed by atoms with Crippen molar-refractivity contribution in [1.82, 2.24) is 0 Å². The molecule has 0 N–H and O–H groups in total. The van der Waals surface area contributed by atoms with Crippen LogP contribution in [0.4, 0.5) is 0 Å². The molecule has 0 saturated carbocycles. The van der Waals surface area contributed by atoms with Crippen molar-refractivity contribution < 1.29 is 4.79 Å². The fraction of sp³-hybridized carbons (Fsp3) is 0.0714. The summed E-state index contributed by atoms with van der Waals surface area (Å²) in [4.78, 5) is 12.3. The average molecular weight is 265 g/mol. The Morgan fingerprint density at radius 1 is 0.941 bits per heavy atom. The molecular formula is C14H10Cl2O. The first-order chi connectivity index (χ1) is 8.11. The fourth-order valence-electron chi connectivity index (χ4n) is 1.61. The summed E-state index contributed by atoms with van der Waals surface area (Å²) in [6.07, 6.45) is 0. The SMILES string of the molecule is Cc1cccc(C(=O)c2ccccc2Cl)c1Cl. The van der Waals surface area contributed by atoms with Crippen LogP contribution in [0, 0.1) is 6.92 Å². The van der Waals surface area contributed by atoms with Crippen molar-refractivity contribution in [3.05, 3.63) is 69.2 Å². The molecule has 0 spiro atoms. The number of carbonyl (C=O) groups is 1. The summed E-state index contributed by atoms with van der Waals surface area (Å²) < 4.78 is 0. The first-order valence-corrected chi connectivity index (χ1v) is 5.91. The maximum Gasteiger partial charge on any atom is 0.196 e. The van der Waals surface area contributed by atoms with Gasteiger partial charge in [-0.05, 0) is 30.7 Å². The molecule has 2 aromatic rings. The van der Waals surface area contributed by atoms with Crippen molar-refractivity contribution in [1.29, 1.82) is 0 Å². The van der Waals surface area contributed by atoms with Crippen LogP contribution in [0.25, 0.3) is 0 Å². The predicted octanol–water partition coefficient (Wildman–Crippen LogP) is 4.53. The van der Waals surface area contributed by atoms with Crippen LogP contribution in [0.5, 0.6) is 0 Å². The molecule has 0 aliphatic heterocycles. The monoisotopic (exact) mass is 264 g/mol. The van der Waals surface area contributed by atoms with Gasteiger partial charge in [0.2, 0.25) is 0 Å². The molecule has 2 rings (SSSR count). The number of halogens is 2. The highest BCUT2D eigenvalue weighted by Crippen LogP contribution is 2.25. The van der Waals surface area contributed by atoms with Gasteiger partial charge in [0.25, 0.3) is 0 Å². The first-order valence-electron chi connectivity index (χ1n) is 5.15. The van der Waals surface area contributed by atoms with Gasteiger partial charge in [-0.3, -0.25) is 4.79 Å². The first kappa shape index (κ1) is 12.2. The summed E-state index contributed by atoms with van der Waals surface area (Å²) in [6, 6.07) is 12.3. The Labute approximate surface area is 110 Å². The standard InChI is InChI=1S/C14H10Cl2O/c1-9-5-4-7-11(13(9)16)14(17)10-6-2-3-8-12(10)15/h2-8H,1H3. The van der Waals surface area contributed by atoms with E-state index in [0.717, 1.165) is 5.56 Å². The minimum Gasteiger partial charge on any atom is -0.288 e. The Morgan fingerprint density at radius 2 is 1.59 bits per heavy atom. The molecule has 3 heteroatoms. The van der Waals surface area contributed by atoms with E-state index in [-0.39, 0.29) is 5.78 Å². The highest BCUT2D eigenvalue weighted by Gasteiger charge is 2.15. The Hall–Kier alpha value is -1.31. The topological polar surface area (TPSA) is 17.1 Å². The van der Waals surface area contributed by atoms with Crippen LogP contribution in [0.15, 0.2) is 42.5 Å². The minimum atomic E-state index is -0.149. The molecule has 0 aliphatic rings. The van der Waals surface area contributed by atoms with Gasteiger partial charge >= 0.3 is 0 Å². The zero-order chi connectivity index (χ0) is 12.4. The second-order valence-corrected chi connectivity index (χ2v) is 4.53. The van der Waals surface area contributed by atoms with E-state index in [0.29, 0.717) is 21.2 Å². The van der Waals surface area contributed by atoms with Crippen molar-refractivity contribution in [2.45, 2.75) is 6.92 Å². The van der Waals surface area contributed by atoms with Crippen molar-refractivity contribution >= 4 is 29.0 Å². The van der Waals surface area contributed by atoms with Crippen LogP contribution in [-0.2, 0) is 0 Å². The van der Waals surface area contributed by atoms with Crippen LogP contribution in [-0.4, -0.2) is 5.78 Å². The Balaban J connectivity index is 2.52. The lowest BCUT2D eigenvalue weighted by Gasteiger charge is -2.07. The summed E-state index contributed by atoms with van der Waals surface area (Å²) in [7, 11) is 0. The molecule has 17 heavy (non-hydrogen) atoms. The molecule has 0 radical (unpaired) electrons. The summed E-state index contributed by atoms with van der Waals surface area (Å²) in [5.41, 5.74) is 1.84. The Morgan fingerprint density at radius 3 is 2.29 bits per heavy atom. The van der Waals surface area contributed by atoms with E-state index in [1.54, 1.807) is 30.3 Å². The number of carbonyl (C=O) groups excluding carboxylic acids is 1. The number of hydrogen-bond acceptors (Lipinski definition) is 1. The van der Waals surface area contributed by atoms with Gasteiger partial charge < -0.3 is 0 Å². The van der Waals surface area contributed by atoms with Crippen LogP contribution in [0.2, 0.25) is 10.0 Å². The normalized spacial score (nSPS) is 10.3. The second kappa shape index (κ2) is 4.91. The molecule has 0 heterocycles. The van der Waals surface area contributed by atoms with E-state index in [1.807, 2.05) is 19.1 Å². The Bertz CT molecular complexity index is 576. The molecule has 0 amide bonds. The van der Waals surface area contributed by atoms with E-state index in [9.17, 15) is 4.79 Å². The number of ketones is 1. The number of hydrogen-bond donors (Lipinski definition) is 0. The van der Waals surface area contributed by atoms with Gasteiger partial charge in [0, 0.05) is 11.1 Å². The van der Waals surface area contributed by atoms with E-state index in [4.69, 9.17) is 23.2 Å². The highest BCUT2D eigenvalue weighted by molar-refractivity contribution is 6.38. The number of aryl methyl sites for hydroxylation is 1. The molecular weight excluding hydrogens is 255 g/mol. The molecule has 2 aromatic carbocycles. The lowest BCUT2D eigenvalue weighted by atomic mass is 10.0. The molecule has 86 valence electrons. The van der Waals surface area contributed by atoms with Gasteiger partial charge in [0.15, 0.2) is 5.78 Å². The average Bonchev–Trinajstić information content (AvgIpc) is 2.32. The minimum absolute atomic E-state index is 0.149. The number of benzene rings is 2. The zero-order valence-electron chi connectivity index (χ0n) is 9.21. The molecule has 0 aliphatic carbocycles. The van der Waals surface area contributed by atoms with Crippen LogP contribution in [0.3, 0.4) is 0 Å². The van der Waals surface area contributed by atoms with Crippen molar-refractivity contribution in [2.75, 3.05) is 0 Å². The molecule has 0 saturated heterocycles. The highest BCUT2D eigenvalue weighted by atomic mass is 35.5.